The highest BCUT2D eigenvalue weighted by Gasteiger charge is 2.54. The van der Waals surface area contributed by atoms with Crippen molar-refractivity contribution in [1.29, 1.82) is 0 Å². The van der Waals surface area contributed by atoms with Crippen LogP contribution in [0, 0.1) is 0 Å². The van der Waals surface area contributed by atoms with Gasteiger partial charge in [0.25, 0.3) is 0 Å². The molecule has 0 bridgehead atoms. The summed E-state index contributed by atoms with van der Waals surface area (Å²) in [5.74, 6) is 0.763. The first-order valence-electron chi connectivity index (χ1n) is 6.60. The van der Waals surface area contributed by atoms with Gasteiger partial charge in [0.15, 0.2) is 0 Å². The second-order valence-electron chi connectivity index (χ2n) is 5.68. The molecule has 1 aliphatic heterocycles. The highest BCUT2D eigenvalue weighted by Crippen LogP contribution is 2.38. The molecule has 0 N–H and O–H groups in total. The molecule has 0 amide bonds. The molecule has 0 aromatic heterocycles. The summed E-state index contributed by atoms with van der Waals surface area (Å²) in [5.41, 5.74) is 0.250. The van der Waals surface area contributed by atoms with Gasteiger partial charge in [0.1, 0.15) is 5.76 Å². The summed E-state index contributed by atoms with van der Waals surface area (Å²) in [6.45, 7) is 9.97. The Balaban J connectivity index is 2.11. The third-order valence-corrected chi connectivity index (χ3v) is 3.78. The maximum atomic E-state index is 5.83. The lowest BCUT2D eigenvalue weighted by Crippen LogP contribution is -2.41. The fourth-order valence-corrected chi connectivity index (χ4v) is 1.85. The van der Waals surface area contributed by atoms with Crippen molar-refractivity contribution in [2.45, 2.75) is 45.8 Å². The molecule has 0 aliphatic carbocycles. The van der Waals surface area contributed by atoms with Crippen LogP contribution in [-0.4, -0.2) is 18.5 Å². The summed E-state index contributed by atoms with van der Waals surface area (Å²) in [5, 5.41) is 0. The smallest absolute Gasteiger partial charge is 0.512 e. The molecule has 0 radical (unpaired) electrons. The number of benzene rings is 1. The van der Waals surface area contributed by atoms with Gasteiger partial charge in [-0.05, 0) is 40.7 Å². The topological polar surface area (TPSA) is 27.7 Å². The first-order chi connectivity index (χ1) is 8.86. The summed E-state index contributed by atoms with van der Waals surface area (Å²) < 4.78 is 17.5. The highest BCUT2D eigenvalue weighted by molar-refractivity contribution is 6.39. The van der Waals surface area contributed by atoms with E-state index in [1.54, 1.807) is 0 Å². The van der Waals surface area contributed by atoms with Crippen molar-refractivity contribution in [1.82, 2.24) is 0 Å². The van der Waals surface area contributed by atoms with Gasteiger partial charge in [0.05, 0.1) is 11.2 Å². The Morgan fingerprint density at radius 1 is 1.05 bits per heavy atom. The first kappa shape index (κ1) is 14.2. The average molecular weight is 260 g/mol. The van der Waals surface area contributed by atoms with E-state index in [1.807, 2.05) is 71.0 Å². The fourth-order valence-electron chi connectivity index (χ4n) is 1.85. The van der Waals surface area contributed by atoms with Crippen molar-refractivity contribution < 1.29 is 14.0 Å². The van der Waals surface area contributed by atoms with Gasteiger partial charge in [-0.3, -0.25) is 0 Å². The number of hydrogen-bond donors (Lipinski definition) is 0. The van der Waals surface area contributed by atoms with E-state index in [-0.39, 0.29) is 11.2 Å². The Kier molecular flexibility index (Phi) is 3.74. The maximum Gasteiger partial charge on any atom is 0.714 e. The van der Waals surface area contributed by atoms with Gasteiger partial charge in [-0.2, -0.15) is 0 Å². The standard InChI is InChI=1S/C15H21BO3/c1-6-13(12-10-8-7-9-11-12)17-16-18-14(2,3)15(4,5)19-16/h6-11H,1-5H3/b13-6+. The lowest BCUT2D eigenvalue weighted by molar-refractivity contribution is 0.00578. The Labute approximate surface area is 115 Å². The van der Waals surface area contributed by atoms with Gasteiger partial charge >= 0.3 is 7.32 Å². The second kappa shape index (κ2) is 5.02. The third-order valence-electron chi connectivity index (χ3n) is 3.78. The minimum absolute atomic E-state index is 0.382. The molecular weight excluding hydrogens is 239 g/mol. The minimum Gasteiger partial charge on any atom is -0.512 e. The number of hydrogen-bond acceptors (Lipinski definition) is 3. The molecule has 0 unspecified atom stereocenters. The van der Waals surface area contributed by atoms with Crippen molar-refractivity contribution in [3.05, 3.63) is 42.0 Å². The Morgan fingerprint density at radius 2 is 1.58 bits per heavy atom. The normalized spacial score (nSPS) is 21.5. The SMILES string of the molecule is C/C=C(/OB1OC(C)(C)C(C)(C)O1)c1ccccc1. The van der Waals surface area contributed by atoms with Crippen molar-refractivity contribution in [3.8, 4) is 0 Å². The van der Waals surface area contributed by atoms with Gasteiger partial charge in [-0.25, -0.2) is 0 Å². The molecule has 2 rings (SSSR count). The van der Waals surface area contributed by atoms with Gasteiger partial charge in [0, 0.05) is 5.56 Å². The Hall–Kier alpha value is -1.26. The average Bonchev–Trinajstić information content (AvgIpc) is 2.56. The van der Waals surface area contributed by atoms with E-state index in [2.05, 4.69) is 0 Å². The van der Waals surface area contributed by atoms with E-state index >= 15 is 0 Å². The zero-order chi connectivity index (χ0) is 14.1. The van der Waals surface area contributed by atoms with Crippen LogP contribution in [0.1, 0.15) is 40.2 Å². The predicted molar refractivity (Wildman–Crippen MR) is 77.3 cm³/mol. The van der Waals surface area contributed by atoms with Crippen LogP contribution in [-0.2, 0) is 14.0 Å². The molecule has 1 aromatic carbocycles. The molecule has 102 valence electrons. The van der Waals surface area contributed by atoms with Crippen LogP contribution in [0.2, 0.25) is 0 Å². The zero-order valence-corrected chi connectivity index (χ0v) is 12.3. The van der Waals surface area contributed by atoms with Crippen molar-refractivity contribution >= 4 is 13.1 Å². The fraction of sp³-hybridized carbons (Fsp3) is 0.467. The number of rotatable bonds is 3. The van der Waals surface area contributed by atoms with Crippen LogP contribution in [0.25, 0.3) is 5.76 Å². The molecule has 0 atom stereocenters. The molecule has 1 aromatic rings. The lowest BCUT2D eigenvalue weighted by Gasteiger charge is -2.31. The number of allylic oxidation sites excluding steroid dienone is 1. The quantitative estimate of drug-likeness (QED) is 0.613. The predicted octanol–water partition coefficient (Wildman–Crippen LogP) is 3.65. The van der Waals surface area contributed by atoms with Crippen molar-refractivity contribution in [3.63, 3.8) is 0 Å². The van der Waals surface area contributed by atoms with Crippen LogP contribution >= 0.6 is 0 Å². The first-order valence-corrected chi connectivity index (χ1v) is 6.60. The molecule has 1 heterocycles. The molecular formula is C15H21BO3. The lowest BCUT2D eigenvalue weighted by atomic mass is 9.90. The van der Waals surface area contributed by atoms with Crippen molar-refractivity contribution in [2.75, 3.05) is 0 Å². The molecule has 1 aliphatic rings. The molecule has 3 nitrogen and oxygen atoms in total. The van der Waals surface area contributed by atoms with Crippen LogP contribution in [0.5, 0.6) is 0 Å². The summed E-state index contributed by atoms with van der Waals surface area (Å²) >= 11 is 0. The van der Waals surface area contributed by atoms with E-state index in [4.69, 9.17) is 14.0 Å². The highest BCUT2D eigenvalue weighted by atomic mass is 16.8. The molecule has 0 saturated carbocycles. The van der Waals surface area contributed by atoms with E-state index in [1.165, 1.54) is 0 Å². The van der Waals surface area contributed by atoms with Crippen LogP contribution in [0.15, 0.2) is 36.4 Å². The van der Waals surface area contributed by atoms with Crippen LogP contribution < -0.4 is 0 Å². The maximum absolute atomic E-state index is 5.83. The Morgan fingerprint density at radius 3 is 2.05 bits per heavy atom. The van der Waals surface area contributed by atoms with Crippen LogP contribution in [0.3, 0.4) is 0 Å². The molecule has 4 heteroatoms. The molecule has 1 fully saturated rings. The zero-order valence-electron chi connectivity index (χ0n) is 12.3. The summed E-state index contributed by atoms with van der Waals surface area (Å²) in [7, 11) is -0.670. The minimum atomic E-state index is -0.670. The van der Waals surface area contributed by atoms with E-state index < -0.39 is 7.32 Å². The molecule has 1 saturated heterocycles. The van der Waals surface area contributed by atoms with Crippen LogP contribution in [0.4, 0.5) is 0 Å². The monoisotopic (exact) mass is 260 g/mol. The largest absolute Gasteiger partial charge is 0.714 e. The van der Waals surface area contributed by atoms with Gasteiger partial charge in [0.2, 0.25) is 0 Å². The second-order valence-corrected chi connectivity index (χ2v) is 5.68. The summed E-state index contributed by atoms with van der Waals surface area (Å²) in [6.07, 6.45) is 1.92. The van der Waals surface area contributed by atoms with Gasteiger partial charge in [-0.15, -0.1) is 0 Å². The Bertz CT molecular complexity index is 450. The van der Waals surface area contributed by atoms with Gasteiger partial charge in [-0.1, -0.05) is 30.3 Å². The third kappa shape index (κ3) is 2.85. The molecule has 19 heavy (non-hydrogen) atoms. The molecule has 0 spiro atoms. The van der Waals surface area contributed by atoms with E-state index in [9.17, 15) is 0 Å². The van der Waals surface area contributed by atoms with E-state index in [0.29, 0.717) is 0 Å². The summed E-state index contributed by atoms with van der Waals surface area (Å²) in [6, 6.07) is 9.94. The van der Waals surface area contributed by atoms with E-state index in [0.717, 1.165) is 11.3 Å². The van der Waals surface area contributed by atoms with Crippen molar-refractivity contribution in [2.24, 2.45) is 0 Å². The van der Waals surface area contributed by atoms with Gasteiger partial charge < -0.3 is 14.0 Å². The summed E-state index contributed by atoms with van der Waals surface area (Å²) in [4.78, 5) is 0.